The molecule has 6 aliphatic carbocycles. The number of pyridine rings is 3. The first kappa shape index (κ1) is 72.4. The lowest BCUT2D eigenvalue weighted by molar-refractivity contribution is -0.671. The van der Waals surface area contributed by atoms with Crippen LogP contribution in [-0.2, 0) is 47.2 Å². The first-order chi connectivity index (χ1) is 46.8. The quantitative estimate of drug-likeness (QED) is 0.130. The smallest absolute Gasteiger partial charge is 0.169 e. The second-order valence-electron chi connectivity index (χ2n) is 36.9. The van der Waals surface area contributed by atoms with Crippen LogP contribution in [0.4, 0.5) is 0 Å². The number of nitrogens with zero attached hydrogens (tertiary/aromatic N) is 3. The van der Waals surface area contributed by atoms with Gasteiger partial charge in [-0.1, -0.05) is 236 Å². The van der Waals surface area contributed by atoms with Gasteiger partial charge in [-0.2, -0.15) is 0 Å². The number of fused-ring (bicyclic) bond motifs is 7. The van der Waals surface area contributed by atoms with Crippen LogP contribution >= 0.6 is 0 Å². The van der Waals surface area contributed by atoms with Gasteiger partial charge in [-0.05, 0) is 229 Å². The fourth-order valence-electron chi connectivity index (χ4n) is 15.5. The van der Waals surface area contributed by atoms with Gasteiger partial charge in [-0.3, -0.25) is 0 Å². The van der Waals surface area contributed by atoms with Gasteiger partial charge in [-0.15, -0.1) is 0 Å². The van der Waals surface area contributed by atoms with Crippen LogP contribution in [-0.4, -0.2) is 11.2 Å². The Kier molecular flexibility index (Phi) is 17.9. The summed E-state index contributed by atoms with van der Waals surface area (Å²) in [5.74, 6) is 0. The van der Waals surface area contributed by atoms with Crippen molar-refractivity contribution in [3.05, 3.63) is 295 Å². The van der Waals surface area contributed by atoms with Crippen LogP contribution in [0.15, 0.2) is 240 Å². The molecular formula is C96H116N3O2+3. The van der Waals surface area contributed by atoms with Crippen molar-refractivity contribution in [2.24, 2.45) is 48.2 Å². The SMILES string of the molecule is C[n+]1ccc(C2=C3C=C(C(C)(C)C)C=C4C=CC5=CC(C(C)(C)C)=CC(=C2)[C@@]5(C)[C@@]43C)cc1.Cc1c2cc(C(C)(C)C)cc1/C(c1cc[n+](C)cc1)=C\C1=CC3(C(C)(C)C)C=C(C=C2)C1(C)OO3.Cc1c2ccc3cc(C(C)(C)C)cc(c(-c4cc[n+](C)cc4)cc1cc(C(C)(C)C)c2)c3C.[2HH]. The maximum atomic E-state index is 6.23. The van der Waals surface area contributed by atoms with Crippen molar-refractivity contribution in [2.75, 3.05) is 0 Å². The molecule has 0 saturated carbocycles. The average molecular weight is 1350 g/mol. The third-order valence-electron chi connectivity index (χ3n) is 23.5. The molecule has 5 heterocycles. The Labute approximate surface area is 608 Å². The molecule has 5 heteroatoms. The first-order valence-electron chi connectivity index (χ1n) is 36.8. The van der Waals surface area contributed by atoms with Gasteiger partial charge < -0.3 is 0 Å². The van der Waals surface area contributed by atoms with Crippen molar-refractivity contribution in [3.63, 3.8) is 0 Å². The average Bonchev–Trinajstić information content (AvgIpc) is 0.677. The minimum Gasteiger partial charge on any atom is -0.220 e. The molecule has 0 spiro atoms. The maximum absolute atomic E-state index is 6.23. The zero-order valence-corrected chi connectivity index (χ0v) is 66.2. The predicted molar refractivity (Wildman–Crippen MR) is 428 cm³/mol. The molecule has 15 rings (SSSR count). The van der Waals surface area contributed by atoms with Gasteiger partial charge >= 0.3 is 0 Å². The molecule has 2 aliphatic heterocycles. The number of rotatable bonds is 3. The van der Waals surface area contributed by atoms with Gasteiger partial charge in [0.05, 0.1) is 0 Å². The van der Waals surface area contributed by atoms with Crippen molar-refractivity contribution >= 4 is 38.8 Å². The van der Waals surface area contributed by atoms with Crippen molar-refractivity contribution in [1.82, 2.24) is 0 Å². The van der Waals surface area contributed by atoms with E-state index < -0.39 is 11.2 Å². The predicted octanol–water partition coefficient (Wildman–Crippen LogP) is 23.1. The van der Waals surface area contributed by atoms with Gasteiger partial charge in [0.1, 0.15) is 26.7 Å². The Balaban J connectivity index is 0.000000153. The highest BCUT2D eigenvalue weighted by atomic mass is 17.2. The van der Waals surface area contributed by atoms with Gasteiger partial charge in [-0.25, -0.2) is 23.5 Å². The summed E-state index contributed by atoms with van der Waals surface area (Å²) >= 11 is 0. The highest BCUT2D eigenvalue weighted by Crippen LogP contribution is 2.68. The normalized spacial score (nSPS) is 22.8. The Hall–Kier alpha value is -8.35. The van der Waals surface area contributed by atoms with Crippen LogP contribution in [0.3, 0.4) is 0 Å². The summed E-state index contributed by atoms with van der Waals surface area (Å²) in [7, 11) is 6.21. The number of hydrogen-bond donors (Lipinski definition) is 0. The molecule has 101 heavy (non-hydrogen) atoms. The highest BCUT2D eigenvalue weighted by molar-refractivity contribution is 5.94. The monoisotopic (exact) mass is 1340 g/mol. The van der Waals surface area contributed by atoms with Gasteiger partial charge in [0.2, 0.25) is 0 Å². The third-order valence-corrected chi connectivity index (χ3v) is 23.5. The van der Waals surface area contributed by atoms with Crippen molar-refractivity contribution in [1.29, 1.82) is 0 Å². The van der Waals surface area contributed by atoms with E-state index >= 15 is 0 Å². The lowest BCUT2D eigenvalue weighted by atomic mass is 9.44. The largest absolute Gasteiger partial charge is 0.220 e. The maximum Gasteiger partial charge on any atom is 0.169 e. The molecule has 8 aliphatic rings. The summed E-state index contributed by atoms with van der Waals surface area (Å²) in [6.07, 6.45) is 41.4. The van der Waals surface area contributed by atoms with E-state index in [1.807, 2.05) is 0 Å². The molecule has 4 aromatic carbocycles. The molecule has 2 unspecified atom stereocenters. The van der Waals surface area contributed by atoms with Crippen LogP contribution in [0, 0.1) is 47.8 Å². The molecule has 5 nitrogen and oxygen atoms in total. The van der Waals surface area contributed by atoms with Crippen molar-refractivity contribution in [3.8, 4) is 11.1 Å². The summed E-state index contributed by atoms with van der Waals surface area (Å²) < 4.78 is 6.29. The molecule has 0 N–H and O–H groups in total. The van der Waals surface area contributed by atoms with Crippen LogP contribution < -0.4 is 13.7 Å². The molecule has 0 amide bonds. The Morgan fingerprint density at radius 3 is 1.37 bits per heavy atom. The number of aromatic nitrogens is 3. The van der Waals surface area contributed by atoms with E-state index in [1.54, 1.807) is 0 Å². The second-order valence-corrected chi connectivity index (χ2v) is 36.9. The van der Waals surface area contributed by atoms with Crippen LogP contribution in [0.1, 0.15) is 202 Å². The lowest BCUT2D eigenvalue weighted by Gasteiger charge is -2.58. The van der Waals surface area contributed by atoms with E-state index in [2.05, 4.69) is 402 Å². The molecule has 4 atom stereocenters. The standard InChI is InChI=1S/C32H38NO2.2C32H38N.H2/c1-21-23-10-11-24-19-32(30(5,6)7)20-26(31(24,8)34-35-32)18-28(22-12-14-33(9)15-13-22)27(21)17-25(16-23)29(2,3)4;1-29(2,3)24-16-22-10-11-23-17-25(30(4,5)6)20-28-27(21-12-14-33(9)15-13-21)19-26(18-24)31(22,7)32(23,28)8;1-21-24-10-11-25-17-28(32(6,7)8)20-29(22(25)2)30(23-12-14-33(9)15-13-23)19-26(21)18-27(16-24)31(3,4)5;/h10-20H,1-9H3;2*10-20H,1-9H3;1H/q3*+1;/b11-10?,28-18-;;;/t;31-,32-;;/m.0../s1/i;;;1+1. The molecule has 0 radical (unpaired) electrons. The number of benzene rings is 3. The molecule has 524 valence electrons. The minimum absolute atomic E-state index is 0. The van der Waals surface area contributed by atoms with Crippen molar-refractivity contribution < 1.29 is 24.9 Å². The van der Waals surface area contributed by atoms with Crippen LogP contribution in [0.2, 0.25) is 0 Å². The zero-order chi connectivity index (χ0) is 73.5. The van der Waals surface area contributed by atoms with Crippen molar-refractivity contribution in [2.45, 2.75) is 194 Å². The molecule has 0 fully saturated rings. The van der Waals surface area contributed by atoms with Gasteiger partial charge in [0.25, 0.3) is 0 Å². The lowest BCUT2D eigenvalue weighted by Crippen LogP contribution is -2.55. The summed E-state index contributed by atoms with van der Waals surface area (Å²) in [5.41, 5.74) is 27.7. The zero-order valence-electron chi connectivity index (χ0n) is 66.2. The summed E-state index contributed by atoms with van der Waals surface area (Å²) in [6.45, 7) is 55.0. The summed E-state index contributed by atoms with van der Waals surface area (Å²) in [4.78, 5) is 12.3. The van der Waals surface area contributed by atoms with Gasteiger partial charge in [0, 0.05) is 54.1 Å². The van der Waals surface area contributed by atoms with E-state index in [4.69, 9.17) is 9.78 Å². The first-order valence-corrected chi connectivity index (χ1v) is 36.8. The van der Waals surface area contributed by atoms with E-state index in [1.165, 1.54) is 133 Å². The van der Waals surface area contributed by atoms with E-state index in [0.29, 0.717) is 0 Å². The second kappa shape index (κ2) is 25.0. The van der Waals surface area contributed by atoms with E-state index in [9.17, 15) is 0 Å². The number of aryl methyl sites for hydroxylation is 5. The van der Waals surface area contributed by atoms with Crippen LogP contribution in [0.5, 0.6) is 0 Å². The van der Waals surface area contributed by atoms with Crippen LogP contribution in [0.25, 0.3) is 49.9 Å². The number of hydrogen-bond acceptors (Lipinski definition) is 2. The van der Waals surface area contributed by atoms with Gasteiger partial charge in [0.15, 0.2) is 42.8 Å². The van der Waals surface area contributed by atoms with E-state index in [0.717, 1.165) is 11.1 Å². The Morgan fingerprint density at radius 1 is 0.366 bits per heavy atom. The highest BCUT2D eigenvalue weighted by Gasteiger charge is 2.59. The molecule has 10 bridgehead atoms. The minimum atomic E-state index is -0.675. The topological polar surface area (TPSA) is 30.1 Å². The molecule has 0 saturated heterocycles. The summed E-state index contributed by atoms with van der Waals surface area (Å²) in [6, 6.07) is 34.7. The molecular weight excluding hydrogens is 1230 g/mol. The molecule has 3 aromatic heterocycles. The fraction of sp³-hybridized carbons (Fsp3) is 0.385. The Morgan fingerprint density at radius 2 is 0.832 bits per heavy atom. The third kappa shape index (κ3) is 13.0. The number of allylic oxidation sites excluding steroid dienone is 14. The molecule has 7 aromatic rings. The Bertz CT molecular complexity index is 4980. The summed E-state index contributed by atoms with van der Waals surface area (Å²) in [5, 5.41) is 5.22. The fourth-order valence-corrected chi connectivity index (χ4v) is 15.5. The van der Waals surface area contributed by atoms with E-state index in [-0.39, 0.29) is 44.7 Å².